The van der Waals surface area contributed by atoms with Crippen LogP contribution in [0.15, 0.2) is 35.4 Å². The van der Waals surface area contributed by atoms with Crippen LogP contribution in [0, 0.1) is 0 Å². The normalized spacial score (nSPS) is 13.9. The molecule has 0 bridgehead atoms. The third-order valence-corrected chi connectivity index (χ3v) is 0.946. The molecule has 0 aromatic rings. The van der Waals surface area contributed by atoms with E-state index in [1.807, 2.05) is 25.3 Å². The van der Waals surface area contributed by atoms with Crippen molar-refractivity contribution in [3.63, 3.8) is 0 Å². The summed E-state index contributed by atoms with van der Waals surface area (Å²) in [5.41, 5.74) is 6.70. The quantitative estimate of drug-likeness (QED) is 0.490. The van der Waals surface area contributed by atoms with Crippen molar-refractivity contribution in [2.75, 3.05) is 7.05 Å². The van der Waals surface area contributed by atoms with Gasteiger partial charge < -0.3 is 5.32 Å². The SMILES string of the molecule is CNC1=CC=C=C=C1. The van der Waals surface area contributed by atoms with Gasteiger partial charge in [-0.25, -0.2) is 0 Å². The first kappa shape index (κ1) is 4.99. The van der Waals surface area contributed by atoms with Crippen LogP contribution in [0.5, 0.6) is 0 Å². The van der Waals surface area contributed by atoms with Crippen LogP contribution in [0.2, 0.25) is 0 Å². The molecule has 0 radical (unpaired) electrons. The fourth-order valence-corrected chi connectivity index (χ4v) is 0.503. The van der Waals surface area contributed by atoms with Gasteiger partial charge in [-0.15, -0.1) is 0 Å². The molecule has 0 saturated carbocycles. The first-order valence-electron chi connectivity index (χ1n) is 2.49. The predicted octanol–water partition coefficient (Wildman–Crippen LogP) is 0.970. The molecule has 1 aliphatic carbocycles. The topological polar surface area (TPSA) is 12.0 Å². The van der Waals surface area contributed by atoms with Gasteiger partial charge in [-0.1, -0.05) is 11.5 Å². The summed E-state index contributed by atoms with van der Waals surface area (Å²) in [5, 5.41) is 2.98. The van der Waals surface area contributed by atoms with Crippen LogP contribution in [0.4, 0.5) is 0 Å². The van der Waals surface area contributed by atoms with E-state index in [0.717, 1.165) is 5.70 Å². The van der Waals surface area contributed by atoms with Gasteiger partial charge in [0.15, 0.2) is 0 Å². The molecule has 1 heteroatoms. The Hall–Kier alpha value is -1.16. The molecule has 0 aromatic carbocycles. The van der Waals surface area contributed by atoms with Crippen molar-refractivity contribution in [1.29, 1.82) is 0 Å². The molecule has 0 unspecified atom stereocenters. The van der Waals surface area contributed by atoms with Gasteiger partial charge >= 0.3 is 0 Å². The molecule has 1 nitrogen and oxygen atoms in total. The van der Waals surface area contributed by atoms with E-state index in [9.17, 15) is 0 Å². The number of nitrogens with one attached hydrogen (secondary N) is 1. The third-order valence-electron chi connectivity index (χ3n) is 0.946. The second-order valence-electron chi connectivity index (χ2n) is 1.47. The van der Waals surface area contributed by atoms with Crippen LogP contribution >= 0.6 is 0 Å². The summed E-state index contributed by atoms with van der Waals surface area (Å²) < 4.78 is 0. The van der Waals surface area contributed by atoms with E-state index < -0.39 is 0 Å². The van der Waals surface area contributed by atoms with Crippen molar-refractivity contribution in [1.82, 2.24) is 5.32 Å². The minimum absolute atomic E-state index is 1.07. The van der Waals surface area contributed by atoms with Crippen molar-refractivity contribution >= 4 is 0 Å². The average molecular weight is 105 g/mol. The zero-order chi connectivity index (χ0) is 5.82. The highest BCUT2D eigenvalue weighted by atomic mass is 14.8. The van der Waals surface area contributed by atoms with E-state index in [0.29, 0.717) is 0 Å². The maximum Gasteiger partial charge on any atom is 0.0428 e. The number of hydrogen-bond donors (Lipinski definition) is 1. The molecule has 0 atom stereocenters. The molecule has 0 fully saturated rings. The van der Waals surface area contributed by atoms with Gasteiger partial charge in [-0.3, -0.25) is 0 Å². The number of allylic oxidation sites excluding steroid dienone is 3. The fourth-order valence-electron chi connectivity index (χ4n) is 0.503. The Morgan fingerprint density at radius 3 is 2.75 bits per heavy atom. The molecule has 40 valence electrons. The Morgan fingerprint density at radius 1 is 1.50 bits per heavy atom. The van der Waals surface area contributed by atoms with Gasteiger partial charge in [-0.05, 0) is 12.2 Å². The van der Waals surface area contributed by atoms with Crippen LogP contribution in [0.25, 0.3) is 0 Å². The highest BCUT2D eigenvalue weighted by Crippen LogP contribution is 1.91. The number of hydrogen-bond acceptors (Lipinski definition) is 1. The molecular weight excluding hydrogens is 98.1 g/mol. The van der Waals surface area contributed by atoms with E-state index in [2.05, 4.69) is 16.8 Å². The second kappa shape index (κ2) is 2.23. The van der Waals surface area contributed by atoms with Crippen molar-refractivity contribution in [2.24, 2.45) is 0 Å². The van der Waals surface area contributed by atoms with E-state index in [1.54, 1.807) is 0 Å². The lowest BCUT2D eigenvalue weighted by molar-refractivity contribution is 1.03. The highest BCUT2D eigenvalue weighted by molar-refractivity contribution is 5.24. The minimum Gasteiger partial charge on any atom is -0.388 e. The van der Waals surface area contributed by atoms with Gasteiger partial charge in [0, 0.05) is 18.8 Å². The zero-order valence-corrected chi connectivity index (χ0v) is 4.73. The number of rotatable bonds is 1. The van der Waals surface area contributed by atoms with E-state index in [-0.39, 0.29) is 0 Å². The molecular formula is C7H7N. The molecule has 1 aliphatic rings. The molecule has 0 heterocycles. The van der Waals surface area contributed by atoms with Gasteiger partial charge in [0.05, 0.1) is 0 Å². The Morgan fingerprint density at radius 2 is 2.38 bits per heavy atom. The Labute approximate surface area is 48.7 Å². The maximum absolute atomic E-state index is 2.98. The first-order valence-corrected chi connectivity index (χ1v) is 2.49. The lowest BCUT2D eigenvalue weighted by Crippen LogP contribution is -2.02. The largest absolute Gasteiger partial charge is 0.388 e. The van der Waals surface area contributed by atoms with Crippen LogP contribution in [0.1, 0.15) is 0 Å². The third kappa shape index (κ3) is 0.913. The molecule has 1 rings (SSSR count). The summed E-state index contributed by atoms with van der Waals surface area (Å²) in [6.45, 7) is 0. The van der Waals surface area contributed by atoms with Gasteiger partial charge in [0.2, 0.25) is 0 Å². The predicted molar refractivity (Wildman–Crippen MR) is 33.3 cm³/mol. The van der Waals surface area contributed by atoms with Crippen LogP contribution in [-0.2, 0) is 0 Å². The summed E-state index contributed by atoms with van der Waals surface area (Å²) in [6, 6.07) is 0. The summed E-state index contributed by atoms with van der Waals surface area (Å²) in [4.78, 5) is 0. The first-order chi connectivity index (χ1) is 3.93. The average Bonchev–Trinajstić information content (AvgIpc) is 1.90. The number of likely N-dealkylation sites (N-methyl/N-ethyl adjacent to an activating group) is 1. The molecule has 0 aromatic heterocycles. The van der Waals surface area contributed by atoms with Crippen molar-refractivity contribution in [3.8, 4) is 0 Å². The fraction of sp³-hybridized carbons (Fsp3) is 0.143. The minimum atomic E-state index is 1.07. The summed E-state index contributed by atoms with van der Waals surface area (Å²) in [5.74, 6) is 0. The van der Waals surface area contributed by atoms with Crippen molar-refractivity contribution in [2.45, 2.75) is 0 Å². The Balaban J connectivity index is 2.80. The van der Waals surface area contributed by atoms with Gasteiger partial charge in [-0.2, -0.15) is 0 Å². The molecule has 0 aliphatic heterocycles. The Kier molecular flexibility index (Phi) is 1.39. The van der Waals surface area contributed by atoms with Crippen LogP contribution in [-0.4, -0.2) is 7.05 Å². The molecule has 0 amide bonds. The van der Waals surface area contributed by atoms with E-state index in [1.165, 1.54) is 0 Å². The molecule has 0 spiro atoms. The van der Waals surface area contributed by atoms with Crippen molar-refractivity contribution in [3.05, 3.63) is 35.4 Å². The summed E-state index contributed by atoms with van der Waals surface area (Å²) in [6.07, 6.45) is 5.61. The van der Waals surface area contributed by atoms with Gasteiger partial charge in [0.1, 0.15) is 0 Å². The van der Waals surface area contributed by atoms with E-state index >= 15 is 0 Å². The Bertz CT molecular complexity index is 198. The molecule has 0 saturated heterocycles. The lowest BCUT2D eigenvalue weighted by Gasteiger charge is -1.95. The summed E-state index contributed by atoms with van der Waals surface area (Å²) >= 11 is 0. The smallest absolute Gasteiger partial charge is 0.0428 e. The van der Waals surface area contributed by atoms with Crippen molar-refractivity contribution < 1.29 is 0 Å². The van der Waals surface area contributed by atoms with E-state index in [4.69, 9.17) is 0 Å². The standard InChI is InChI=1S/C7H7N/c1-8-7-5-3-2-4-6-7/h3,5-6,8H,1H3. The monoisotopic (exact) mass is 105 g/mol. The van der Waals surface area contributed by atoms with Crippen LogP contribution < -0.4 is 5.32 Å². The maximum atomic E-state index is 2.98. The molecule has 8 heavy (non-hydrogen) atoms. The highest BCUT2D eigenvalue weighted by Gasteiger charge is 1.82. The summed E-state index contributed by atoms with van der Waals surface area (Å²) in [7, 11) is 1.88. The van der Waals surface area contributed by atoms with Crippen LogP contribution in [0.3, 0.4) is 0 Å². The molecule has 1 N–H and O–H groups in total. The second-order valence-corrected chi connectivity index (χ2v) is 1.47. The lowest BCUT2D eigenvalue weighted by atomic mass is 10.3. The van der Waals surface area contributed by atoms with Gasteiger partial charge in [0.25, 0.3) is 0 Å². The zero-order valence-electron chi connectivity index (χ0n) is 4.73.